The summed E-state index contributed by atoms with van der Waals surface area (Å²) < 4.78 is 0. The van der Waals surface area contributed by atoms with E-state index in [0.29, 0.717) is 12.2 Å². The topological polar surface area (TPSA) is 70.7 Å². The van der Waals surface area contributed by atoms with Crippen molar-refractivity contribution in [1.29, 1.82) is 0 Å². The van der Waals surface area contributed by atoms with E-state index < -0.39 is 0 Å². The van der Waals surface area contributed by atoms with E-state index in [9.17, 15) is 4.79 Å². The molecule has 0 aliphatic heterocycles. The molecule has 0 saturated heterocycles. The monoisotopic (exact) mass is 292 g/mol. The van der Waals surface area contributed by atoms with Gasteiger partial charge in [0.1, 0.15) is 5.69 Å². The third-order valence-corrected chi connectivity index (χ3v) is 3.35. The van der Waals surface area contributed by atoms with E-state index in [1.54, 1.807) is 18.5 Å². The number of nitrogens with zero attached hydrogens (tertiary/aromatic N) is 2. The maximum atomic E-state index is 12.1. The average molecular weight is 292 g/mol. The molecule has 0 saturated carbocycles. The fourth-order valence-electron chi connectivity index (χ4n) is 2.09. The maximum absolute atomic E-state index is 12.1. The first-order chi connectivity index (χ1) is 10.7. The van der Waals surface area contributed by atoms with Gasteiger partial charge in [-0.25, -0.2) is 0 Å². The minimum atomic E-state index is -0.185. The Morgan fingerprint density at radius 2 is 2.05 bits per heavy atom. The van der Waals surface area contributed by atoms with E-state index in [1.165, 1.54) is 5.56 Å². The molecule has 5 heteroatoms. The highest BCUT2D eigenvalue weighted by Crippen LogP contribution is 2.18. The highest BCUT2D eigenvalue weighted by molar-refractivity contribution is 5.93. The summed E-state index contributed by atoms with van der Waals surface area (Å²) in [6.07, 6.45) is 3.43. The third-order valence-electron chi connectivity index (χ3n) is 3.35. The molecule has 0 aliphatic rings. The van der Waals surface area contributed by atoms with E-state index in [2.05, 4.69) is 20.5 Å². The Bertz CT molecular complexity index is 763. The molecule has 3 rings (SSSR count). The van der Waals surface area contributed by atoms with E-state index >= 15 is 0 Å². The van der Waals surface area contributed by atoms with Crippen LogP contribution >= 0.6 is 0 Å². The second-order valence-electron chi connectivity index (χ2n) is 5.08. The molecule has 22 heavy (non-hydrogen) atoms. The summed E-state index contributed by atoms with van der Waals surface area (Å²) >= 11 is 0. The maximum Gasteiger partial charge on any atom is 0.269 e. The first-order valence-corrected chi connectivity index (χ1v) is 7.02. The number of aromatic nitrogens is 3. The fraction of sp³-hybridized carbons (Fsp3) is 0.118. The molecular formula is C17H16N4O. The van der Waals surface area contributed by atoms with E-state index in [0.717, 1.165) is 16.8 Å². The van der Waals surface area contributed by atoms with Crippen molar-refractivity contribution in [3.63, 3.8) is 0 Å². The number of rotatable bonds is 4. The molecule has 0 spiro atoms. The second kappa shape index (κ2) is 6.22. The summed E-state index contributed by atoms with van der Waals surface area (Å²) in [5.74, 6) is -0.185. The highest BCUT2D eigenvalue weighted by atomic mass is 16.1. The largest absolute Gasteiger partial charge is 0.347 e. The van der Waals surface area contributed by atoms with Gasteiger partial charge in [-0.3, -0.25) is 14.9 Å². The van der Waals surface area contributed by atoms with Gasteiger partial charge in [0.25, 0.3) is 5.91 Å². The summed E-state index contributed by atoms with van der Waals surface area (Å²) in [6.45, 7) is 2.47. The van der Waals surface area contributed by atoms with Crippen molar-refractivity contribution in [2.24, 2.45) is 0 Å². The first kappa shape index (κ1) is 14.0. The molecule has 5 nitrogen and oxygen atoms in total. The summed E-state index contributed by atoms with van der Waals surface area (Å²) in [6, 6.07) is 13.5. The standard InChI is InChI=1S/C17H16N4O/c1-12-4-6-14(7-5-12)15-9-16(21-20-15)17(22)19-11-13-3-2-8-18-10-13/h2-10H,11H2,1H3,(H,19,22)(H,20,21). The number of nitrogens with one attached hydrogen (secondary N) is 2. The van der Waals surface area contributed by atoms with Crippen LogP contribution in [0.25, 0.3) is 11.3 Å². The van der Waals surface area contributed by atoms with Gasteiger partial charge in [-0.15, -0.1) is 0 Å². The Hall–Kier alpha value is -2.95. The number of amides is 1. The molecule has 1 amide bonds. The van der Waals surface area contributed by atoms with Gasteiger partial charge in [0.05, 0.1) is 5.69 Å². The van der Waals surface area contributed by atoms with Crippen LogP contribution in [-0.2, 0) is 6.54 Å². The summed E-state index contributed by atoms with van der Waals surface area (Å²) in [5, 5.41) is 9.81. The summed E-state index contributed by atoms with van der Waals surface area (Å²) in [5.41, 5.74) is 4.32. The Balaban J connectivity index is 1.68. The van der Waals surface area contributed by atoms with Crippen molar-refractivity contribution in [3.05, 3.63) is 71.7 Å². The van der Waals surface area contributed by atoms with Crippen LogP contribution in [0.2, 0.25) is 0 Å². The summed E-state index contributed by atoms with van der Waals surface area (Å²) in [4.78, 5) is 16.1. The highest BCUT2D eigenvalue weighted by Gasteiger charge is 2.10. The lowest BCUT2D eigenvalue weighted by Crippen LogP contribution is -2.23. The molecule has 0 aliphatic carbocycles. The number of pyridine rings is 1. The van der Waals surface area contributed by atoms with Gasteiger partial charge in [-0.1, -0.05) is 35.9 Å². The Kier molecular flexibility index (Phi) is 3.96. The molecule has 0 fully saturated rings. The number of aryl methyl sites for hydroxylation is 1. The number of carbonyl (C=O) groups is 1. The molecule has 0 radical (unpaired) electrons. The molecule has 1 aromatic carbocycles. The Morgan fingerprint density at radius 3 is 2.77 bits per heavy atom. The molecule has 0 bridgehead atoms. The van der Waals surface area contributed by atoms with E-state index in [4.69, 9.17) is 0 Å². The van der Waals surface area contributed by atoms with E-state index in [-0.39, 0.29) is 5.91 Å². The summed E-state index contributed by atoms with van der Waals surface area (Å²) in [7, 11) is 0. The molecular weight excluding hydrogens is 276 g/mol. The molecule has 0 atom stereocenters. The van der Waals surface area contributed by atoms with Crippen molar-refractivity contribution < 1.29 is 4.79 Å². The van der Waals surface area contributed by atoms with E-state index in [1.807, 2.05) is 43.3 Å². The normalized spacial score (nSPS) is 10.4. The lowest BCUT2D eigenvalue weighted by Gasteiger charge is -2.02. The fourth-order valence-corrected chi connectivity index (χ4v) is 2.09. The number of carbonyl (C=O) groups excluding carboxylic acids is 1. The third kappa shape index (κ3) is 3.20. The predicted octanol–water partition coefficient (Wildman–Crippen LogP) is 2.71. The number of aromatic amines is 1. The number of benzene rings is 1. The van der Waals surface area contributed by atoms with Crippen molar-refractivity contribution >= 4 is 5.91 Å². The van der Waals surface area contributed by atoms with Gasteiger partial charge >= 0.3 is 0 Å². The zero-order valence-corrected chi connectivity index (χ0v) is 12.2. The lowest BCUT2D eigenvalue weighted by molar-refractivity contribution is 0.0946. The zero-order valence-electron chi connectivity index (χ0n) is 12.2. The van der Waals surface area contributed by atoms with Crippen molar-refractivity contribution in [2.45, 2.75) is 13.5 Å². The molecule has 110 valence electrons. The number of H-pyrrole nitrogens is 1. The molecule has 0 unspecified atom stereocenters. The van der Waals surface area contributed by atoms with Crippen molar-refractivity contribution in [1.82, 2.24) is 20.5 Å². The minimum Gasteiger partial charge on any atom is -0.347 e. The van der Waals surface area contributed by atoms with Crippen LogP contribution in [0.5, 0.6) is 0 Å². The van der Waals surface area contributed by atoms with Crippen LogP contribution in [0.3, 0.4) is 0 Å². The van der Waals surface area contributed by atoms with Crippen LogP contribution in [0.4, 0.5) is 0 Å². The van der Waals surface area contributed by atoms with Gasteiger partial charge in [0.2, 0.25) is 0 Å². The van der Waals surface area contributed by atoms with Crippen LogP contribution in [0.15, 0.2) is 54.9 Å². The van der Waals surface area contributed by atoms with Crippen LogP contribution in [0.1, 0.15) is 21.6 Å². The Morgan fingerprint density at radius 1 is 1.23 bits per heavy atom. The van der Waals surface area contributed by atoms with Crippen LogP contribution in [-0.4, -0.2) is 21.1 Å². The second-order valence-corrected chi connectivity index (χ2v) is 5.08. The molecule has 3 aromatic rings. The number of hydrogen-bond donors (Lipinski definition) is 2. The molecule has 2 N–H and O–H groups in total. The van der Waals surface area contributed by atoms with Gasteiger partial charge in [-0.2, -0.15) is 5.10 Å². The lowest BCUT2D eigenvalue weighted by atomic mass is 10.1. The van der Waals surface area contributed by atoms with Crippen LogP contribution in [0, 0.1) is 6.92 Å². The van der Waals surface area contributed by atoms with Gasteiger partial charge in [0.15, 0.2) is 0 Å². The van der Waals surface area contributed by atoms with Gasteiger partial charge < -0.3 is 5.32 Å². The quantitative estimate of drug-likeness (QED) is 0.776. The average Bonchev–Trinajstić information content (AvgIpc) is 3.04. The van der Waals surface area contributed by atoms with Crippen molar-refractivity contribution in [3.8, 4) is 11.3 Å². The van der Waals surface area contributed by atoms with Gasteiger partial charge in [0, 0.05) is 24.5 Å². The first-order valence-electron chi connectivity index (χ1n) is 7.02. The minimum absolute atomic E-state index is 0.185. The van der Waals surface area contributed by atoms with Gasteiger partial charge in [-0.05, 0) is 24.6 Å². The Labute approximate surface area is 128 Å². The zero-order chi connectivity index (χ0) is 15.4. The van der Waals surface area contributed by atoms with Crippen LogP contribution < -0.4 is 5.32 Å². The smallest absolute Gasteiger partial charge is 0.269 e. The predicted molar refractivity (Wildman–Crippen MR) is 84.2 cm³/mol. The molecule has 2 heterocycles. The SMILES string of the molecule is Cc1ccc(-c2cc(C(=O)NCc3cccnc3)[nH]n2)cc1. The number of hydrogen-bond acceptors (Lipinski definition) is 3. The van der Waals surface area contributed by atoms with Crippen molar-refractivity contribution in [2.75, 3.05) is 0 Å². The molecule has 2 aromatic heterocycles.